The third-order valence-electron chi connectivity index (χ3n) is 5.35. The number of rotatable bonds is 21. The number of aliphatic hydroxyl groups is 3. The van der Waals surface area contributed by atoms with Crippen molar-refractivity contribution < 1.29 is 34.4 Å². The number of hydrogen-bond donors (Lipinski definition) is 5. The number of nitrogens with one attached hydrogen (secondary N) is 2. The highest BCUT2D eigenvalue weighted by Gasteiger charge is 2.30. The van der Waals surface area contributed by atoms with Gasteiger partial charge in [0.25, 0.3) is 0 Å². The lowest BCUT2D eigenvalue weighted by Gasteiger charge is -2.26. The number of ketones is 1. The van der Waals surface area contributed by atoms with E-state index in [4.69, 9.17) is 9.47 Å². The molecule has 0 aromatic rings. The van der Waals surface area contributed by atoms with E-state index < -0.39 is 35.7 Å². The minimum absolute atomic E-state index is 0.122. The van der Waals surface area contributed by atoms with Gasteiger partial charge in [-0.25, -0.2) is 0 Å². The van der Waals surface area contributed by atoms with Gasteiger partial charge in [-0.05, 0) is 46.6 Å². The summed E-state index contributed by atoms with van der Waals surface area (Å²) in [6.07, 6.45) is 2.88. The van der Waals surface area contributed by atoms with Crippen molar-refractivity contribution >= 4 is 11.8 Å². The van der Waals surface area contributed by atoms with Crippen LogP contribution in [0.1, 0.15) is 92.9 Å². The first-order valence-electron chi connectivity index (χ1n) is 13.2. The van der Waals surface area contributed by atoms with Crippen LogP contribution >= 0.6 is 0 Å². The van der Waals surface area contributed by atoms with E-state index >= 15 is 0 Å². The summed E-state index contributed by atoms with van der Waals surface area (Å²) < 4.78 is 10.8. The Kier molecular flexibility index (Phi) is 18.5. The van der Waals surface area contributed by atoms with Gasteiger partial charge >= 0.3 is 5.97 Å². The van der Waals surface area contributed by atoms with Gasteiger partial charge in [0.2, 0.25) is 0 Å². The SMILES string of the molecule is CCCCCCCOCC(O)C(O)C(O)C(=O)CNCCCCC(NC(C)C)C(=O)OC(C)(C)C. The highest BCUT2D eigenvalue weighted by atomic mass is 16.6. The first-order chi connectivity index (χ1) is 16.4. The average molecular weight is 505 g/mol. The van der Waals surface area contributed by atoms with Crippen LogP contribution in [-0.4, -0.2) is 89.4 Å². The van der Waals surface area contributed by atoms with Gasteiger partial charge in [-0.15, -0.1) is 0 Å². The van der Waals surface area contributed by atoms with Crippen molar-refractivity contribution in [2.24, 2.45) is 0 Å². The van der Waals surface area contributed by atoms with E-state index in [1.54, 1.807) is 0 Å². The van der Waals surface area contributed by atoms with Crippen molar-refractivity contribution in [1.82, 2.24) is 10.6 Å². The van der Waals surface area contributed by atoms with E-state index in [0.29, 0.717) is 19.6 Å². The predicted octanol–water partition coefficient (Wildman–Crippen LogP) is 2.09. The minimum atomic E-state index is -1.68. The minimum Gasteiger partial charge on any atom is -0.459 e. The highest BCUT2D eigenvalue weighted by Crippen LogP contribution is 2.12. The molecule has 0 saturated heterocycles. The standard InChI is InChI=1S/C26H52N2O7/c1-7-8-9-10-13-16-34-18-22(30)24(32)23(31)21(29)17-27-15-12-11-14-20(28-19(2)3)25(33)35-26(4,5)6/h19-20,22-24,27-28,30-32H,7-18H2,1-6H3. The molecule has 208 valence electrons. The van der Waals surface area contributed by atoms with E-state index in [0.717, 1.165) is 38.5 Å². The molecule has 0 aliphatic rings. The summed E-state index contributed by atoms with van der Waals surface area (Å²) >= 11 is 0. The summed E-state index contributed by atoms with van der Waals surface area (Å²) in [5.74, 6) is -0.866. The van der Waals surface area contributed by atoms with E-state index in [1.165, 1.54) is 6.42 Å². The van der Waals surface area contributed by atoms with Gasteiger partial charge in [0, 0.05) is 12.6 Å². The molecule has 0 aromatic carbocycles. The molecule has 0 rings (SSSR count). The maximum Gasteiger partial charge on any atom is 0.323 e. The lowest BCUT2D eigenvalue weighted by molar-refractivity contribution is -0.158. The van der Waals surface area contributed by atoms with E-state index in [9.17, 15) is 24.9 Å². The van der Waals surface area contributed by atoms with Crippen LogP contribution in [0.4, 0.5) is 0 Å². The van der Waals surface area contributed by atoms with E-state index in [1.807, 2.05) is 34.6 Å². The van der Waals surface area contributed by atoms with E-state index in [2.05, 4.69) is 17.6 Å². The summed E-state index contributed by atoms with van der Waals surface area (Å²) in [5.41, 5.74) is -0.546. The third-order valence-corrected chi connectivity index (χ3v) is 5.35. The zero-order chi connectivity index (χ0) is 26.9. The fourth-order valence-electron chi connectivity index (χ4n) is 3.47. The molecule has 0 bridgehead atoms. The lowest BCUT2D eigenvalue weighted by atomic mass is 10.0. The Morgan fingerprint density at radius 3 is 2.20 bits per heavy atom. The molecule has 35 heavy (non-hydrogen) atoms. The molecule has 0 aliphatic carbocycles. The van der Waals surface area contributed by atoms with Gasteiger partial charge in [-0.1, -0.05) is 52.9 Å². The molecule has 0 saturated carbocycles. The number of aliphatic hydroxyl groups excluding tert-OH is 3. The summed E-state index contributed by atoms with van der Waals surface area (Å²) in [6.45, 7) is 12.3. The van der Waals surface area contributed by atoms with Crippen LogP contribution in [0.3, 0.4) is 0 Å². The molecular formula is C26H52N2O7. The van der Waals surface area contributed by atoms with Gasteiger partial charge in [-0.3, -0.25) is 9.59 Å². The summed E-state index contributed by atoms with van der Waals surface area (Å²) in [6, 6.07) is -0.254. The molecule has 0 spiro atoms. The second-order valence-electron chi connectivity index (χ2n) is 10.5. The number of esters is 1. The second kappa shape index (κ2) is 19.1. The molecule has 0 amide bonds. The fourth-order valence-corrected chi connectivity index (χ4v) is 3.47. The average Bonchev–Trinajstić information content (AvgIpc) is 2.77. The summed E-state index contributed by atoms with van der Waals surface area (Å²) in [7, 11) is 0. The molecule has 9 heteroatoms. The molecule has 4 atom stereocenters. The van der Waals surface area contributed by atoms with Crippen molar-refractivity contribution in [3.05, 3.63) is 0 Å². The van der Waals surface area contributed by atoms with Crippen molar-refractivity contribution in [3.8, 4) is 0 Å². The van der Waals surface area contributed by atoms with Crippen molar-refractivity contribution in [2.45, 2.75) is 129 Å². The third kappa shape index (κ3) is 17.9. The molecule has 0 radical (unpaired) electrons. The van der Waals surface area contributed by atoms with Crippen molar-refractivity contribution in [2.75, 3.05) is 26.3 Å². The number of hydrogen-bond acceptors (Lipinski definition) is 9. The Balaban J connectivity index is 4.16. The van der Waals surface area contributed by atoms with Crippen LogP contribution in [0.2, 0.25) is 0 Å². The molecule has 9 nitrogen and oxygen atoms in total. The molecule has 0 aliphatic heterocycles. The topological polar surface area (TPSA) is 137 Å². The summed E-state index contributed by atoms with van der Waals surface area (Å²) in [5, 5.41) is 36.3. The van der Waals surface area contributed by atoms with Crippen LogP contribution in [0.15, 0.2) is 0 Å². The Labute approximate surface area is 212 Å². The number of carbonyl (C=O) groups excluding carboxylic acids is 2. The van der Waals surface area contributed by atoms with Crippen molar-refractivity contribution in [1.29, 1.82) is 0 Å². The summed E-state index contributed by atoms with van der Waals surface area (Å²) in [4.78, 5) is 24.6. The Morgan fingerprint density at radius 1 is 0.943 bits per heavy atom. The van der Waals surface area contributed by atoms with Crippen LogP contribution in [0.5, 0.6) is 0 Å². The van der Waals surface area contributed by atoms with Gasteiger partial charge < -0.3 is 35.4 Å². The van der Waals surface area contributed by atoms with Gasteiger partial charge in [0.1, 0.15) is 30.0 Å². The Bertz CT molecular complexity index is 566. The van der Waals surface area contributed by atoms with Gasteiger partial charge in [0.05, 0.1) is 13.2 Å². The maximum atomic E-state index is 12.4. The van der Waals surface area contributed by atoms with Crippen LogP contribution < -0.4 is 10.6 Å². The first kappa shape index (κ1) is 33.9. The Hall–Kier alpha value is -1.10. The fraction of sp³-hybridized carbons (Fsp3) is 0.923. The Morgan fingerprint density at radius 2 is 1.60 bits per heavy atom. The molecule has 4 unspecified atom stereocenters. The smallest absolute Gasteiger partial charge is 0.323 e. The largest absolute Gasteiger partial charge is 0.459 e. The quantitative estimate of drug-likeness (QED) is 0.117. The monoisotopic (exact) mass is 504 g/mol. The van der Waals surface area contributed by atoms with Crippen LogP contribution in [0, 0.1) is 0 Å². The second-order valence-corrected chi connectivity index (χ2v) is 10.5. The molecule has 0 heterocycles. The lowest BCUT2D eigenvalue weighted by Crippen LogP contribution is -2.47. The molecule has 0 aromatic heterocycles. The van der Waals surface area contributed by atoms with Gasteiger partial charge in [-0.2, -0.15) is 0 Å². The van der Waals surface area contributed by atoms with Crippen LogP contribution in [-0.2, 0) is 19.1 Å². The predicted molar refractivity (Wildman–Crippen MR) is 137 cm³/mol. The molecular weight excluding hydrogens is 452 g/mol. The molecule has 0 fully saturated rings. The first-order valence-corrected chi connectivity index (χ1v) is 13.2. The molecule has 5 N–H and O–H groups in total. The van der Waals surface area contributed by atoms with Crippen LogP contribution in [0.25, 0.3) is 0 Å². The zero-order valence-corrected chi connectivity index (χ0v) is 22.8. The normalized spacial score (nSPS) is 15.6. The number of unbranched alkanes of at least 4 members (excludes halogenated alkanes) is 5. The number of Topliss-reactive ketones (excluding diaryl/α,β-unsaturated/α-hetero) is 1. The van der Waals surface area contributed by atoms with Gasteiger partial charge in [0.15, 0.2) is 5.78 Å². The van der Waals surface area contributed by atoms with Crippen molar-refractivity contribution in [3.63, 3.8) is 0 Å². The highest BCUT2D eigenvalue weighted by molar-refractivity contribution is 5.85. The number of carbonyl (C=O) groups is 2. The zero-order valence-electron chi connectivity index (χ0n) is 22.8. The van der Waals surface area contributed by atoms with E-state index in [-0.39, 0.29) is 25.2 Å². The maximum absolute atomic E-state index is 12.4. The number of ether oxygens (including phenoxy) is 2.